The molecule has 0 bridgehead atoms. The summed E-state index contributed by atoms with van der Waals surface area (Å²) in [6.45, 7) is 4.11. The summed E-state index contributed by atoms with van der Waals surface area (Å²) in [7, 11) is 0. The minimum Gasteiger partial charge on any atom is -0.445 e. The van der Waals surface area contributed by atoms with Crippen LogP contribution in [-0.4, -0.2) is 48.1 Å². The normalized spacial score (nSPS) is 30.8. The number of ether oxygens (including phenoxy) is 4. The second kappa shape index (κ2) is 7.06. The number of nitrogens with one attached hydrogen (secondary N) is 1. The van der Waals surface area contributed by atoms with Crippen LogP contribution in [0.3, 0.4) is 0 Å². The molecule has 0 spiro atoms. The van der Waals surface area contributed by atoms with Gasteiger partial charge in [-0.2, -0.15) is 0 Å². The Morgan fingerprint density at radius 1 is 1.29 bits per heavy atom. The van der Waals surface area contributed by atoms with Gasteiger partial charge in [0, 0.05) is 6.54 Å². The third-order valence-corrected chi connectivity index (χ3v) is 4.03. The van der Waals surface area contributed by atoms with Crippen LogP contribution in [-0.2, 0) is 25.6 Å². The number of hydrogen-bond acceptors (Lipinski definition) is 6. The average molecular weight is 337 g/mol. The molecule has 1 aromatic carbocycles. The molecule has 0 aromatic heterocycles. The van der Waals surface area contributed by atoms with Gasteiger partial charge < -0.3 is 29.4 Å². The second-order valence-electron chi connectivity index (χ2n) is 6.41. The standard InChI is InChI=1S/C17H23NO6/c1-17(2)23-14-13(19)12(22-15(14)24-17)8-9-18-16(20)21-10-11-6-4-3-5-7-11/h3-7,12-15,19H,8-10H2,1-2H3,(H,18,20)/t12-,13+,14-,15-/m1/s1. The summed E-state index contributed by atoms with van der Waals surface area (Å²) in [5.41, 5.74) is 0.923. The van der Waals surface area contributed by atoms with Crippen molar-refractivity contribution in [3.05, 3.63) is 35.9 Å². The highest BCUT2D eigenvalue weighted by molar-refractivity contribution is 5.67. The van der Waals surface area contributed by atoms with Gasteiger partial charge in [-0.15, -0.1) is 0 Å². The first-order valence-corrected chi connectivity index (χ1v) is 8.08. The Hall–Kier alpha value is -1.67. The van der Waals surface area contributed by atoms with Crippen LogP contribution in [0, 0.1) is 0 Å². The van der Waals surface area contributed by atoms with Crippen molar-refractivity contribution in [1.29, 1.82) is 0 Å². The number of fused-ring (bicyclic) bond motifs is 1. The van der Waals surface area contributed by atoms with Crippen LogP contribution >= 0.6 is 0 Å². The first kappa shape index (κ1) is 17.2. The Kier molecular flexibility index (Phi) is 5.05. The highest BCUT2D eigenvalue weighted by atomic mass is 16.8. The van der Waals surface area contributed by atoms with Gasteiger partial charge in [0.25, 0.3) is 0 Å². The minimum atomic E-state index is -0.779. The first-order chi connectivity index (χ1) is 11.4. The molecule has 7 nitrogen and oxygen atoms in total. The summed E-state index contributed by atoms with van der Waals surface area (Å²) >= 11 is 0. The molecule has 0 unspecified atom stereocenters. The Balaban J connectivity index is 1.36. The topological polar surface area (TPSA) is 86.3 Å². The molecule has 2 heterocycles. The van der Waals surface area contributed by atoms with E-state index in [0.29, 0.717) is 13.0 Å². The highest BCUT2D eigenvalue weighted by Gasteiger charge is 2.53. The lowest BCUT2D eigenvalue weighted by atomic mass is 10.1. The lowest BCUT2D eigenvalue weighted by Gasteiger charge is -2.22. The summed E-state index contributed by atoms with van der Waals surface area (Å²) in [6.07, 6.45) is -2.33. The summed E-state index contributed by atoms with van der Waals surface area (Å²) in [4.78, 5) is 11.7. The van der Waals surface area contributed by atoms with Gasteiger partial charge in [0.2, 0.25) is 0 Å². The SMILES string of the molecule is CC1(C)O[C@H]2O[C@H](CCNC(=O)OCc3ccccc3)[C@H](O)[C@H]2O1. The number of amides is 1. The molecule has 4 atom stereocenters. The fourth-order valence-corrected chi connectivity index (χ4v) is 2.89. The molecule has 2 fully saturated rings. The van der Waals surface area contributed by atoms with Crippen LogP contribution in [0.15, 0.2) is 30.3 Å². The third kappa shape index (κ3) is 4.05. The molecule has 1 aromatic rings. The molecule has 24 heavy (non-hydrogen) atoms. The number of carbonyl (C=O) groups excluding carboxylic acids is 1. The maximum atomic E-state index is 11.7. The van der Waals surface area contributed by atoms with Crippen LogP contribution in [0.4, 0.5) is 4.79 Å². The van der Waals surface area contributed by atoms with Gasteiger partial charge >= 0.3 is 6.09 Å². The van der Waals surface area contributed by atoms with Gasteiger partial charge in [-0.05, 0) is 25.8 Å². The highest BCUT2D eigenvalue weighted by Crippen LogP contribution is 2.37. The zero-order valence-corrected chi connectivity index (χ0v) is 13.8. The van der Waals surface area contributed by atoms with E-state index in [2.05, 4.69) is 5.32 Å². The van der Waals surface area contributed by atoms with Gasteiger partial charge in [0.15, 0.2) is 12.1 Å². The van der Waals surface area contributed by atoms with Crippen LogP contribution in [0.1, 0.15) is 25.8 Å². The van der Waals surface area contributed by atoms with Crippen molar-refractivity contribution in [1.82, 2.24) is 5.32 Å². The lowest BCUT2D eigenvalue weighted by molar-refractivity contribution is -0.215. The number of rotatable bonds is 5. The summed E-state index contributed by atoms with van der Waals surface area (Å²) in [5.74, 6) is -0.749. The molecule has 0 saturated carbocycles. The molecule has 132 valence electrons. The maximum Gasteiger partial charge on any atom is 0.407 e. The molecule has 0 radical (unpaired) electrons. The van der Waals surface area contributed by atoms with E-state index in [-0.39, 0.29) is 6.61 Å². The van der Waals surface area contributed by atoms with Crippen LogP contribution in [0.25, 0.3) is 0 Å². The number of hydrogen-bond donors (Lipinski definition) is 2. The third-order valence-electron chi connectivity index (χ3n) is 4.03. The largest absolute Gasteiger partial charge is 0.445 e. The zero-order chi connectivity index (χ0) is 17.2. The number of aliphatic hydroxyl groups is 1. The van der Waals surface area contributed by atoms with Crippen molar-refractivity contribution in [3.8, 4) is 0 Å². The van der Waals surface area contributed by atoms with E-state index in [1.165, 1.54) is 0 Å². The first-order valence-electron chi connectivity index (χ1n) is 8.08. The van der Waals surface area contributed by atoms with E-state index in [0.717, 1.165) is 5.56 Å². The molecule has 0 aliphatic carbocycles. The van der Waals surface area contributed by atoms with Crippen molar-refractivity contribution < 1.29 is 28.8 Å². The number of alkyl carbamates (subject to hydrolysis) is 1. The molecule has 3 rings (SSSR count). The molecule has 2 aliphatic rings. The van der Waals surface area contributed by atoms with E-state index in [9.17, 15) is 9.90 Å². The molecular weight excluding hydrogens is 314 g/mol. The maximum absolute atomic E-state index is 11.7. The predicted molar refractivity (Wildman–Crippen MR) is 84.0 cm³/mol. The van der Waals surface area contributed by atoms with Crippen molar-refractivity contribution in [2.45, 2.75) is 57.3 Å². The summed E-state index contributed by atoms with van der Waals surface area (Å²) in [5, 5.41) is 12.9. The molecule has 2 aliphatic heterocycles. The Labute approximate surface area is 140 Å². The molecule has 2 N–H and O–H groups in total. The van der Waals surface area contributed by atoms with E-state index in [1.54, 1.807) is 13.8 Å². The van der Waals surface area contributed by atoms with Crippen molar-refractivity contribution in [3.63, 3.8) is 0 Å². The Morgan fingerprint density at radius 2 is 2.04 bits per heavy atom. The van der Waals surface area contributed by atoms with Gasteiger partial charge in [-0.3, -0.25) is 0 Å². The van der Waals surface area contributed by atoms with E-state index < -0.39 is 36.5 Å². The predicted octanol–water partition coefficient (Wildman–Crippen LogP) is 1.54. The van der Waals surface area contributed by atoms with Crippen molar-refractivity contribution in [2.24, 2.45) is 0 Å². The van der Waals surface area contributed by atoms with Crippen LogP contribution < -0.4 is 5.32 Å². The monoisotopic (exact) mass is 337 g/mol. The molecule has 7 heteroatoms. The number of benzene rings is 1. The van der Waals surface area contributed by atoms with Crippen molar-refractivity contribution in [2.75, 3.05) is 6.54 Å². The Bertz CT molecular complexity index is 563. The van der Waals surface area contributed by atoms with Gasteiger partial charge in [0.1, 0.15) is 18.8 Å². The summed E-state index contributed by atoms with van der Waals surface area (Å²) < 4.78 is 22.0. The number of carbonyl (C=O) groups is 1. The van der Waals surface area contributed by atoms with Crippen LogP contribution in [0.5, 0.6) is 0 Å². The zero-order valence-electron chi connectivity index (χ0n) is 13.8. The lowest BCUT2D eigenvalue weighted by Crippen LogP contribution is -2.36. The fraction of sp³-hybridized carbons (Fsp3) is 0.588. The number of aliphatic hydroxyl groups excluding tert-OH is 1. The summed E-state index contributed by atoms with van der Waals surface area (Å²) in [6, 6.07) is 9.45. The second-order valence-corrected chi connectivity index (χ2v) is 6.41. The Morgan fingerprint density at radius 3 is 2.75 bits per heavy atom. The molecule has 2 saturated heterocycles. The van der Waals surface area contributed by atoms with Gasteiger partial charge in [-0.1, -0.05) is 30.3 Å². The van der Waals surface area contributed by atoms with E-state index in [1.807, 2.05) is 30.3 Å². The average Bonchev–Trinajstić information content (AvgIpc) is 3.00. The van der Waals surface area contributed by atoms with E-state index >= 15 is 0 Å². The van der Waals surface area contributed by atoms with Crippen molar-refractivity contribution >= 4 is 6.09 Å². The van der Waals surface area contributed by atoms with Gasteiger partial charge in [0.05, 0.1) is 6.10 Å². The minimum absolute atomic E-state index is 0.218. The quantitative estimate of drug-likeness (QED) is 0.848. The molecule has 1 amide bonds. The smallest absolute Gasteiger partial charge is 0.407 e. The van der Waals surface area contributed by atoms with Crippen LogP contribution in [0.2, 0.25) is 0 Å². The molecular formula is C17H23NO6. The van der Waals surface area contributed by atoms with Gasteiger partial charge in [-0.25, -0.2) is 4.79 Å². The van der Waals surface area contributed by atoms with E-state index in [4.69, 9.17) is 18.9 Å². The fourth-order valence-electron chi connectivity index (χ4n) is 2.89.